The van der Waals surface area contributed by atoms with E-state index in [0.717, 1.165) is 48.3 Å². The maximum absolute atomic E-state index is 12.4. The zero-order chi connectivity index (χ0) is 18.9. The van der Waals surface area contributed by atoms with Gasteiger partial charge in [0, 0.05) is 12.0 Å². The minimum absolute atomic E-state index is 0.0265. The number of hydrogen-bond acceptors (Lipinski definition) is 4. The van der Waals surface area contributed by atoms with Crippen LogP contribution in [0, 0.1) is 17.8 Å². The van der Waals surface area contributed by atoms with Crippen LogP contribution in [0.15, 0.2) is 24.3 Å². The molecule has 146 valence electrons. The average Bonchev–Trinajstić information content (AvgIpc) is 2.63. The number of benzene rings is 1. The topological polar surface area (TPSA) is 64.6 Å². The second-order valence-corrected chi connectivity index (χ2v) is 8.75. The highest BCUT2D eigenvalue weighted by atomic mass is 16.5. The van der Waals surface area contributed by atoms with Crippen molar-refractivity contribution < 1.29 is 19.1 Å². The Morgan fingerprint density at radius 2 is 1.63 bits per heavy atom. The Balaban J connectivity index is 1.20. The molecule has 0 unspecified atom stereocenters. The van der Waals surface area contributed by atoms with Crippen LogP contribution in [0.25, 0.3) is 0 Å². The number of esters is 1. The molecular formula is C22H29NO4. The summed E-state index contributed by atoms with van der Waals surface area (Å²) in [5.74, 6) is 2.67. The third kappa shape index (κ3) is 4.28. The molecule has 4 bridgehead atoms. The highest BCUT2D eigenvalue weighted by Gasteiger charge is 2.51. The van der Waals surface area contributed by atoms with E-state index in [9.17, 15) is 9.59 Å². The number of nitrogens with one attached hydrogen (secondary N) is 1. The van der Waals surface area contributed by atoms with Gasteiger partial charge in [-0.2, -0.15) is 0 Å². The summed E-state index contributed by atoms with van der Waals surface area (Å²) in [6, 6.07) is 7.62. The first kappa shape index (κ1) is 18.3. The van der Waals surface area contributed by atoms with Crippen molar-refractivity contribution in [2.45, 2.75) is 56.9 Å². The predicted molar refractivity (Wildman–Crippen MR) is 101 cm³/mol. The molecule has 4 fully saturated rings. The van der Waals surface area contributed by atoms with E-state index in [1.54, 1.807) is 7.11 Å². The lowest BCUT2D eigenvalue weighted by Gasteiger charge is -2.56. The fraction of sp³-hybridized carbons (Fsp3) is 0.636. The molecule has 0 radical (unpaired) electrons. The normalized spacial score (nSPS) is 30.8. The Morgan fingerprint density at radius 1 is 1.04 bits per heavy atom. The smallest absolute Gasteiger partial charge is 0.306 e. The van der Waals surface area contributed by atoms with Crippen LogP contribution in [0.1, 0.15) is 50.5 Å². The molecule has 1 amide bonds. The standard InChI is InChI=1S/C22H29NO4/c1-26-19-5-2-15(3-6-19)4-7-21(25)27-14-20(24)23-22-11-16-8-17(12-22)10-18(9-16)13-22/h2-3,5-6,16-18H,4,7-14H2,1H3,(H,23,24). The Morgan fingerprint density at radius 3 is 2.19 bits per heavy atom. The molecule has 0 spiro atoms. The lowest BCUT2D eigenvalue weighted by Crippen LogP contribution is -2.60. The van der Waals surface area contributed by atoms with Gasteiger partial charge < -0.3 is 14.8 Å². The molecule has 1 aromatic carbocycles. The van der Waals surface area contributed by atoms with Gasteiger partial charge in [0.1, 0.15) is 5.75 Å². The maximum Gasteiger partial charge on any atom is 0.306 e. The number of rotatable bonds is 7. The van der Waals surface area contributed by atoms with E-state index in [1.165, 1.54) is 19.3 Å². The second-order valence-electron chi connectivity index (χ2n) is 8.75. The fourth-order valence-corrected chi connectivity index (χ4v) is 5.85. The summed E-state index contributed by atoms with van der Waals surface area (Å²) in [6.07, 6.45) is 8.22. The average molecular weight is 371 g/mol. The van der Waals surface area contributed by atoms with Crippen molar-refractivity contribution in [3.8, 4) is 5.75 Å². The van der Waals surface area contributed by atoms with Crippen LogP contribution in [0.5, 0.6) is 5.75 Å². The van der Waals surface area contributed by atoms with Gasteiger partial charge >= 0.3 is 5.97 Å². The van der Waals surface area contributed by atoms with Gasteiger partial charge in [-0.25, -0.2) is 0 Å². The minimum atomic E-state index is -0.327. The Kier molecular flexibility index (Phi) is 5.11. The Bertz CT molecular complexity index is 661. The third-order valence-corrected chi connectivity index (χ3v) is 6.58. The predicted octanol–water partition coefficient (Wildman–Crippen LogP) is 3.26. The van der Waals surface area contributed by atoms with E-state index in [-0.39, 0.29) is 30.4 Å². The van der Waals surface area contributed by atoms with Gasteiger partial charge in [-0.15, -0.1) is 0 Å². The largest absolute Gasteiger partial charge is 0.497 e. The summed E-state index contributed by atoms with van der Waals surface area (Å²) in [7, 11) is 1.63. The molecule has 1 aromatic rings. The number of aryl methyl sites for hydroxylation is 1. The summed E-state index contributed by atoms with van der Waals surface area (Å²) in [5, 5.41) is 3.24. The molecule has 4 aliphatic rings. The Labute approximate surface area is 160 Å². The molecule has 27 heavy (non-hydrogen) atoms. The number of hydrogen-bond donors (Lipinski definition) is 1. The highest BCUT2D eigenvalue weighted by molar-refractivity contribution is 5.81. The molecule has 5 heteroatoms. The van der Waals surface area contributed by atoms with E-state index in [4.69, 9.17) is 9.47 Å². The van der Waals surface area contributed by atoms with Crippen LogP contribution in [0.4, 0.5) is 0 Å². The van der Waals surface area contributed by atoms with E-state index >= 15 is 0 Å². The van der Waals surface area contributed by atoms with E-state index in [0.29, 0.717) is 6.42 Å². The van der Waals surface area contributed by atoms with E-state index in [2.05, 4.69) is 5.32 Å². The zero-order valence-corrected chi connectivity index (χ0v) is 16.0. The first-order valence-electron chi connectivity index (χ1n) is 10.1. The summed E-state index contributed by atoms with van der Waals surface area (Å²) < 4.78 is 10.3. The molecule has 4 aliphatic carbocycles. The highest BCUT2D eigenvalue weighted by Crippen LogP contribution is 2.55. The maximum atomic E-state index is 12.4. The number of methoxy groups -OCH3 is 1. The van der Waals surface area contributed by atoms with Crippen molar-refractivity contribution in [1.29, 1.82) is 0 Å². The molecule has 0 heterocycles. The molecule has 0 atom stereocenters. The number of ether oxygens (including phenoxy) is 2. The van der Waals surface area contributed by atoms with Gasteiger partial charge in [0.2, 0.25) is 0 Å². The van der Waals surface area contributed by atoms with Gasteiger partial charge in [0.15, 0.2) is 6.61 Å². The van der Waals surface area contributed by atoms with Crippen LogP contribution < -0.4 is 10.1 Å². The molecule has 5 rings (SSSR count). The molecule has 0 aliphatic heterocycles. The van der Waals surface area contributed by atoms with Crippen LogP contribution in [0.2, 0.25) is 0 Å². The summed E-state index contributed by atoms with van der Waals surface area (Å²) in [6.45, 7) is -0.163. The quantitative estimate of drug-likeness (QED) is 0.747. The number of carbonyl (C=O) groups excluding carboxylic acids is 2. The summed E-state index contributed by atoms with van der Waals surface area (Å²) in [4.78, 5) is 24.4. The molecule has 0 saturated heterocycles. The van der Waals surface area contributed by atoms with Crippen molar-refractivity contribution in [3.05, 3.63) is 29.8 Å². The molecule has 5 nitrogen and oxygen atoms in total. The van der Waals surface area contributed by atoms with E-state index < -0.39 is 0 Å². The number of amides is 1. The van der Waals surface area contributed by atoms with Crippen molar-refractivity contribution in [2.24, 2.45) is 17.8 Å². The zero-order valence-electron chi connectivity index (χ0n) is 16.0. The van der Waals surface area contributed by atoms with Crippen molar-refractivity contribution >= 4 is 11.9 Å². The lowest BCUT2D eigenvalue weighted by molar-refractivity contribution is -0.150. The Hall–Kier alpha value is -2.04. The van der Waals surface area contributed by atoms with Crippen LogP contribution in [-0.2, 0) is 20.7 Å². The third-order valence-electron chi connectivity index (χ3n) is 6.58. The van der Waals surface area contributed by atoms with Crippen molar-refractivity contribution in [3.63, 3.8) is 0 Å². The van der Waals surface area contributed by atoms with Crippen LogP contribution >= 0.6 is 0 Å². The molecule has 0 aromatic heterocycles. The molecule has 1 N–H and O–H groups in total. The minimum Gasteiger partial charge on any atom is -0.497 e. The van der Waals surface area contributed by atoms with Crippen molar-refractivity contribution in [2.75, 3.05) is 13.7 Å². The van der Waals surface area contributed by atoms with Gasteiger partial charge in [-0.3, -0.25) is 9.59 Å². The first-order chi connectivity index (χ1) is 13.0. The summed E-state index contributed by atoms with van der Waals surface area (Å²) in [5.41, 5.74) is 1.02. The van der Waals surface area contributed by atoms with Crippen molar-refractivity contribution in [1.82, 2.24) is 5.32 Å². The van der Waals surface area contributed by atoms with E-state index in [1.807, 2.05) is 24.3 Å². The monoisotopic (exact) mass is 371 g/mol. The van der Waals surface area contributed by atoms with Gasteiger partial charge in [-0.1, -0.05) is 12.1 Å². The van der Waals surface area contributed by atoms with Gasteiger partial charge in [0.25, 0.3) is 5.91 Å². The van der Waals surface area contributed by atoms with Crippen LogP contribution in [0.3, 0.4) is 0 Å². The SMILES string of the molecule is COc1ccc(CCC(=O)OCC(=O)NC23CC4CC(CC(C4)C2)C3)cc1. The van der Waals surface area contributed by atoms with Gasteiger partial charge in [-0.05, 0) is 80.4 Å². The van der Waals surface area contributed by atoms with Gasteiger partial charge in [0.05, 0.1) is 7.11 Å². The molecular weight excluding hydrogens is 342 g/mol. The number of carbonyl (C=O) groups is 2. The molecule has 4 saturated carbocycles. The fourth-order valence-electron chi connectivity index (χ4n) is 5.85. The first-order valence-corrected chi connectivity index (χ1v) is 10.1. The van der Waals surface area contributed by atoms with Crippen LogP contribution in [-0.4, -0.2) is 31.1 Å². The summed E-state index contributed by atoms with van der Waals surface area (Å²) >= 11 is 0. The lowest BCUT2D eigenvalue weighted by atomic mass is 9.53. The second kappa shape index (κ2) is 7.53.